The number of carbonyl (C=O) groups is 2. The molecule has 0 spiro atoms. The fourth-order valence-electron chi connectivity index (χ4n) is 2.93. The van der Waals surface area contributed by atoms with Crippen LogP contribution in [0, 0.1) is 0 Å². The maximum Gasteiger partial charge on any atom is 0.409 e. The molecule has 3 aromatic rings. The lowest BCUT2D eigenvalue weighted by molar-refractivity contribution is 0.134. The van der Waals surface area contributed by atoms with E-state index in [4.69, 9.17) is 4.74 Å². The third-order valence-corrected chi connectivity index (χ3v) is 4.53. The molecule has 0 unspecified atom stereocenters. The van der Waals surface area contributed by atoms with E-state index in [1.165, 1.54) is 0 Å². The molecule has 3 aromatic carbocycles. The number of urea groups is 1. The van der Waals surface area contributed by atoms with Gasteiger partial charge in [-0.1, -0.05) is 91.0 Å². The molecule has 0 bridgehead atoms. The second kappa shape index (κ2) is 10.7. The highest BCUT2D eigenvalue weighted by molar-refractivity contribution is 5.76. The molecule has 0 aliphatic heterocycles. The summed E-state index contributed by atoms with van der Waals surface area (Å²) in [6.45, 7) is 2.04. The van der Waals surface area contributed by atoms with Gasteiger partial charge in [0.05, 0.1) is 6.04 Å². The van der Waals surface area contributed by atoms with Crippen LogP contribution < -0.4 is 16.0 Å². The highest BCUT2D eigenvalue weighted by Gasteiger charge is 2.19. The molecular weight excluding hydrogens is 378 g/mol. The number of rotatable bonds is 7. The zero-order chi connectivity index (χ0) is 21.2. The maximum absolute atomic E-state index is 12.6. The summed E-state index contributed by atoms with van der Waals surface area (Å²) in [5.74, 6) is 0. The van der Waals surface area contributed by atoms with Crippen LogP contribution in [0.25, 0.3) is 0 Å². The Kier molecular flexibility index (Phi) is 7.44. The lowest BCUT2D eigenvalue weighted by Crippen LogP contribution is -2.46. The molecule has 0 fully saturated rings. The predicted molar refractivity (Wildman–Crippen MR) is 115 cm³/mol. The topological polar surface area (TPSA) is 79.5 Å². The number of ether oxygens (including phenoxy) is 1. The number of alkyl carbamates (subject to hydrolysis) is 1. The van der Waals surface area contributed by atoms with Gasteiger partial charge in [-0.2, -0.15) is 0 Å². The molecule has 0 saturated carbocycles. The Morgan fingerprint density at radius 1 is 0.733 bits per heavy atom. The Morgan fingerprint density at radius 3 is 1.87 bits per heavy atom. The van der Waals surface area contributed by atoms with E-state index in [1.54, 1.807) is 0 Å². The van der Waals surface area contributed by atoms with E-state index in [-0.39, 0.29) is 12.6 Å². The summed E-state index contributed by atoms with van der Waals surface area (Å²) in [6, 6.07) is 27.7. The summed E-state index contributed by atoms with van der Waals surface area (Å²) < 4.78 is 5.29. The van der Waals surface area contributed by atoms with Gasteiger partial charge in [0.2, 0.25) is 0 Å². The zero-order valence-corrected chi connectivity index (χ0v) is 16.7. The van der Waals surface area contributed by atoms with Gasteiger partial charge in [0.1, 0.15) is 12.8 Å². The van der Waals surface area contributed by atoms with Crippen LogP contribution in [0.15, 0.2) is 91.0 Å². The van der Waals surface area contributed by atoms with Crippen LogP contribution in [-0.2, 0) is 11.3 Å². The molecule has 0 aliphatic rings. The summed E-state index contributed by atoms with van der Waals surface area (Å²) in [5.41, 5.74) is 2.60. The normalized spacial score (nSPS) is 12.3. The SMILES string of the molecule is C[C@H](NC(=O)N[C@@H](NC(=O)OCc1ccccc1)c1ccccc1)c1ccccc1. The van der Waals surface area contributed by atoms with Crippen molar-refractivity contribution in [1.82, 2.24) is 16.0 Å². The fraction of sp³-hybridized carbons (Fsp3) is 0.167. The third-order valence-electron chi connectivity index (χ3n) is 4.53. The van der Waals surface area contributed by atoms with Crippen molar-refractivity contribution in [3.05, 3.63) is 108 Å². The van der Waals surface area contributed by atoms with E-state index < -0.39 is 18.3 Å². The van der Waals surface area contributed by atoms with E-state index in [0.717, 1.165) is 16.7 Å². The highest BCUT2D eigenvalue weighted by Crippen LogP contribution is 2.13. The first-order chi connectivity index (χ1) is 14.6. The average Bonchev–Trinajstić information content (AvgIpc) is 2.79. The molecule has 0 aromatic heterocycles. The summed E-state index contributed by atoms with van der Waals surface area (Å²) in [4.78, 5) is 24.9. The van der Waals surface area contributed by atoms with Crippen LogP contribution in [0.2, 0.25) is 0 Å². The molecule has 0 radical (unpaired) electrons. The van der Waals surface area contributed by atoms with Gasteiger partial charge in [0.15, 0.2) is 0 Å². The van der Waals surface area contributed by atoms with Crippen molar-refractivity contribution in [3.63, 3.8) is 0 Å². The first-order valence-corrected chi connectivity index (χ1v) is 9.76. The number of nitrogens with one attached hydrogen (secondary N) is 3. The molecule has 0 heterocycles. The van der Waals surface area contributed by atoms with Crippen LogP contribution in [0.5, 0.6) is 0 Å². The second-order valence-corrected chi connectivity index (χ2v) is 6.80. The van der Waals surface area contributed by atoms with Crippen LogP contribution in [0.3, 0.4) is 0 Å². The molecule has 6 nitrogen and oxygen atoms in total. The largest absolute Gasteiger partial charge is 0.445 e. The van der Waals surface area contributed by atoms with Crippen molar-refractivity contribution in [1.29, 1.82) is 0 Å². The Bertz CT molecular complexity index is 934. The molecule has 154 valence electrons. The second-order valence-electron chi connectivity index (χ2n) is 6.80. The number of hydrogen-bond acceptors (Lipinski definition) is 3. The van der Waals surface area contributed by atoms with Crippen molar-refractivity contribution < 1.29 is 14.3 Å². The standard InChI is InChI=1S/C24H25N3O3/c1-18(20-13-7-3-8-14-20)25-23(28)26-22(21-15-9-4-10-16-21)27-24(29)30-17-19-11-5-2-6-12-19/h2-16,18,22H,17H2,1H3,(H,27,29)(H2,25,26,28)/t18-,22-/m0/s1. The summed E-state index contributed by atoms with van der Waals surface area (Å²) in [5, 5.41) is 8.40. The lowest BCUT2D eigenvalue weighted by atomic mass is 10.1. The minimum atomic E-state index is -0.738. The average molecular weight is 403 g/mol. The number of amides is 3. The van der Waals surface area contributed by atoms with Crippen molar-refractivity contribution in [2.75, 3.05) is 0 Å². The molecule has 3 N–H and O–H groups in total. The van der Waals surface area contributed by atoms with Crippen molar-refractivity contribution in [2.45, 2.75) is 25.7 Å². The number of hydrogen-bond donors (Lipinski definition) is 3. The van der Waals surface area contributed by atoms with E-state index in [0.29, 0.717) is 0 Å². The van der Waals surface area contributed by atoms with Gasteiger partial charge in [-0.05, 0) is 23.6 Å². The van der Waals surface area contributed by atoms with Gasteiger partial charge in [-0.15, -0.1) is 0 Å². The molecule has 3 amide bonds. The van der Waals surface area contributed by atoms with Gasteiger partial charge in [0, 0.05) is 0 Å². The Morgan fingerprint density at radius 2 is 1.27 bits per heavy atom. The summed E-state index contributed by atoms with van der Waals surface area (Å²) in [6.07, 6.45) is -1.36. The van der Waals surface area contributed by atoms with E-state index in [2.05, 4.69) is 16.0 Å². The monoisotopic (exact) mass is 403 g/mol. The lowest BCUT2D eigenvalue weighted by Gasteiger charge is -2.22. The predicted octanol–water partition coefficient (Wildman–Crippen LogP) is 4.67. The first-order valence-electron chi connectivity index (χ1n) is 9.76. The van der Waals surface area contributed by atoms with Crippen LogP contribution in [0.1, 0.15) is 35.8 Å². The van der Waals surface area contributed by atoms with Gasteiger partial charge >= 0.3 is 12.1 Å². The third kappa shape index (κ3) is 6.38. The smallest absolute Gasteiger partial charge is 0.409 e. The van der Waals surface area contributed by atoms with E-state index in [9.17, 15) is 9.59 Å². The summed E-state index contributed by atoms with van der Waals surface area (Å²) in [7, 11) is 0. The number of carbonyl (C=O) groups excluding carboxylic acids is 2. The first kappa shape index (κ1) is 20.9. The summed E-state index contributed by atoms with van der Waals surface area (Å²) >= 11 is 0. The van der Waals surface area contributed by atoms with Crippen molar-refractivity contribution in [3.8, 4) is 0 Å². The van der Waals surface area contributed by atoms with Crippen LogP contribution in [0.4, 0.5) is 9.59 Å². The Labute approximate surface area is 176 Å². The molecule has 0 saturated heterocycles. The zero-order valence-electron chi connectivity index (χ0n) is 16.7. The minimum absolute atomic E-state index is 0.144. The van der Waals surface area contributed by atoms with Gasteiger partial charge < -0.3 is 15.4 Å². The molecule has 0 aliphatic carbocycles. The number of benzene rings is 3. The molecule has 30 heavy (non-hydrogen) atoms. The van der Waals surface area contributed by atoms with Gasteiger partial charge in [0.25, 0.3) is 0 Å². The van der Waals surface area contributed by atoms with Crippen molar-refractivity contribution >= 4 is 12.1 Å². The molecule has 6 heteroatoms. The molecule has 2 atom stereocenters. The van der Waals surface area contributed by atoms with Crippen molar-refractivity contribution in [2.24, 2.45) is 0 Å². The van der Waals surface area contributed by atoms with Gasteiger partial charge in [-0.3, -0.25) is 5.32 Å². The highest BCUT2D eigenvalue weighted by atomic mass is 16.5. The maximum atomic E-state index is 12.6. The Balaban J connectivity index is 1.61. The molecule has 3 rings (SSSR count). The van der Waals surface area contributed by atoms with E-state index >= 15 is 0 Å². The quantitative estimate of drug-likeness (QED) is 0.502. The van der Waals surface area contributed by atoms with Gasteiger partial charge in [-0.25, -0.2) is 9.59 Å². The van der Waals surface area contributed by atoms with Crippen LogP contribution >= 0.6 is 0 Å². The van der Waals surface area contributed by atoms with E-state index in [1.807, 2.05) is 97.9 Å². The fourth-order valence-corrected chi connectivity index (χ4v) is 2.93. The minimum Gasteiger partial charge on any atom is -0.445 e. The van der Waals surface area contributed by atoms with Crippen LogP contribution in [-0.4, -0.2) is 12.1 Å². The Hall–Kier alpha value is -3.80. The molecular formula is C24H25N3O3.